The number of aliphatic carboxylic acids is 1. The van der Waals surface area contributed by atoms with Gasteiger partial charge in [-0.05, 0) is 24.8 Å². The first kappa shape index (κ1) is 16.0. The molecular formula is C18H24N2O3. The second-order valence-corrected chi connectivity index (χ2v) is 6.77. The van der Waals surface area contributed by atoms with Crippen LogP contribution in [-0.2, 0) is 9.59 Å². The number of amides is 1. The van der Waals surface area contributed by atoms with E-state index in [9.17, 15) is 9.59 Å². The number of likely N-dealkylation sites (tertiary alicyclic amines) is 2. The highest BCUT2D eigenvalue weighted by molar-refractivity contribution is 5.87. The minimum Gasteiger partial charge on any atom is -0.481 e. The van der Waals surface area contributed by atoms with Crippen LogP contribution in [0.5, 0.6) is 0 Å². The highest BCUT2D eigenvalue weighted by Gasteiger charge is 2.50. The molecule has 1 N–H and O–H groups in total. The van der Waals surface area contributed by atoms with Crippen LogP contribution in [0.1, 0.15) is 37.2 Å². The third-order valence-corrected chi connectivity index (χ3v) is 5.55. The molecule has 0 aromatic heterocycles. The van der Waals surface area contributed by atoms with Crippen LogP contribution in [0.3, 0.4) is 0 Å². The first-order valence-corrected chi connectivity index (χ1v) is 8.29. The van der Waals surface area contributed by atoms with E-state index in [0.717, 1.165) is 37.9 Å². The summed E-state index contributed by atoms with van der Waals surface area (Å²) in [6.07, 6.45) is 2.92. The lowest BCUT2D eigenvalue weighted by atomic mass is 9.81. The molecule has 1 spiro atoms. The molecule has 0 aliphatic carbocycles. The van der Waals surface area contributed by atoms with Gasteiger partial charge in [0.1, 0.15) is 0 Å². The minimum atomic E-state index is -0.748. The van der Waals surface area contributed by atoms with Crippen LogP contribution in [-0.4, -0.2) is 59.0 Å². The van der Waals surface area contributed by atoms with E-state index in [-0.39, 0.29) is 23.8 Å². The van der Waals surface area contributed by atoms with E-state index in [1.165, 1.54) is 0 Å². The Labute approximate surface area is 136 Å². The molecule has 1 atom stereocenters. The van der Waals surface area contributed by atoms with Crippen LogP contribution < -0.4 is 0 Å². The topological polar surface area (TPSA) is 60.9 Å². The Balaban J connectivity index is 1.67. The number of carbonyl (C=O) groups excluding carboxylic acids is 1. The first-order valence-electron chi connectivity index (χ1n) is 8.29. The standard InChI is InChI=1S/C18H24N2O3/c1-19-17(23)15(14-5-3-2-4-6-14)13-18(19)8-11-20(12-9-18)10-7-16(21)22/h2-6,15H,7-13H2,1H3,(H,21,22)/t15-/m1/s1. The number of piperidine rings is 1. The largest absolute Gasteiger partial charge is 0.481 e. The number of benzene rings is 1. The van der Waals surface area contributed by atoms with Crippen molar-refractivity contribution >= 4 is 11.9 Å². The van der Waals surface area contributed by atoms with Gasteiger partial charge in [-0.15, -0.1) is 0 Å². The molecule has 5 heteroatoms. The fourth-order valence-electron chi connectivity index (χ4n) is 4.00. The molecule has 1 amide bonds. The molecule has 1 aromatic rings. The number of carbonyl (C=O) groups is 2. The lowest BCUT2D eigenvalue weighted by Gasteiger charge is -2.43. The summed E-state index contributed by atoms with van der Waals surface area (Å²) in [5.41, 5.74) is 1.05. The van der Waals surface area contributed by atoms with Gasteiger partial charge < -0.3 is 14.9 Å². The number of likely N-dealkylation sites (N-methyl/N-ethyl adjacent to an activating group) is 1. The highest BCUT2D eigenvalue weighted by Crippen LogP contribution is 2.44. The molecule has 5 nitrogen and oxygen atoms in total. The fourth-order valence-corrected chi connectivity index (χ4v) is 4.00. The Morgan fingerprint density at radius 3 is 2.52 bits per heavy atom. The Hall–Kier alpha value is -1.88. The van der Waals surface area contributed by atoms with E-state index in [0.29, 0.717) is 6.54 Å². The van der Waals surface area contributed by atoms with E-state index in [4.69, 9.17) is 5.11 Å². The van der Waals surface area contributed by atoms with Crippen molar-refractivity contribution in [1.82, 2.24) is 9.80 Å². The van der Waals surface area contributed by atoms with Crippen LogP contribution in [0.2, 0.25) is 0 Å². The average molecular weight is 316 g/mol. The highest BCUT2D eigenvalue weighted by atomic mass is 16.4. The first-order chi connectivity index (χ1) is 11.0. The maximum absolute atomic E-state index is 12.7. The van der Waals surface area contributed by atoms with Gasteiger partial charge in [0.2, 0.25) is 5.91 Å². The monoisotopic (exact) mass is 316 g/mol. The smallest absolute Gasteiger partial charge is 0.304 e. The molecule has 2 saturated heterocycles. The van der Waals surface area contributed by atoms with Crippen molar-refractivity contribution in [3.05, 3.63) is 35.9 Å². The number of hydrogen-bond donors (Lipinski definition) is 1. The molecule has 0 radical (unpaired) electrons. The summed E-state index contributed by atoms with van der Waals surface area (Å²) in [6, 6.07) is 10.0. The SMILES string of the molecule is CN1C(=O)[C@@H](c2ccccc2)CC12CCN(CCC(=O)O)CC2. The van der Waals surface area contributed by atoms with Crippen LogP contribution >= 0.6 is 0 Å². The number of nitrogens with zero attached hydrogens (tertiary/aromatic N) is 2. The predicted octanol–water partition coefficient (Wildman–Crippen LogP) is 1.94. The molecular weight excluding hydrogens is 292 g/mol. The van der Waals surface area contributed by atoms with Gasteiger partial charge >= 0.3 is 5.97 Å². The van der Waals surface area contributed by atoms with Crippen molar-refractivity contribution < 1.29 is 14.7 Å². The second-order valence-electron chi connectivity index (χ2n) is 6.77. The minimum absolute atomic E-state index is 0.0354. The van der Waals surface area contributed by atoms with Crippen molar-refractivity contribution in [3.8, 4) is 0 Å². The van der Waals surface area contributed by atoms with Crippen LogP contribution in [0, 0.1) is 0 Å². The summed E-state index contributed by atoms with van der Waals surface area (Å²) in [5.74, 6) is -0.565. The zero-order chi connectivity index (χ0) is 16.4. The zero-order valence-corrected chi connectivity index (χ0v) is 13.6. The summed E-state index contributed by atoms with van der Waals surface area (Å²) in [7, 11) is 1.93. The predicted molar refractivity (Wildman–Crippen MR) is 87.2 cm³/mol. The van der Waals surface area contributed by atoms with Gasteiger partial charge in [-0.2, -0.15) is 0 Å². The number of hydrogen-bond acceptors (Lipinski definition) is 3. The lowest BCUT2D eigenvalue weighted by Crippen LogP contribution is -2.51. The van der Waals surface area contributed by atoms with Gasteiger partial charge in [0.15, 0.2) is 0 Å². The lowest BCUT2D eigenvalue weighted by molar-refractivity contribution is -0.137. The van der Waals surface area contributed by atoms with E-state index >= 15 is 0 Å². The number of carboxylic acid groups (broad SMARTS) is 1. The Kier molecular flexibility index (Phi) is 4.39. The molecule has 2 heterocycles. The second kappa shape index (κ2) is 6.32. The van der Waals surface area contributed by atoms with E-state index in [1.807, 2.05) is 42.3 Å². The van der Waals surface area contributed by atoms with Gasteiger partial charge in [-0.25, -0.2) is 0 Å². The molecule has 2 aliphatic heterocycles. The van der Waals surface area contributed by atoms with E-state index in [2.05, 4.69) is 4.90 Å². The quantitative estimate of drug-likeness (QED) is 0.922. The van der Waals surface area contributed by atoms with Crippen molar-refractivity contribution in [2.45, 2.75) is 37.1 Å². The van der Waals surface area contributed by atoms with E-state index in [1.54, 1.807) is 0 Å². The number of rotatable bonds is 4. The van der Waals surface area contributed by atoms with Crippen molar-refractivity contribution in [1.29, 1.82) is 0 Å². The maximum atomic E-state index is 12.7. The third-order valence-electron chi connectivity index (χ3n) is 5.55. The maximum Gasteiger partial charge on any atom is 0.304 e. The molecule has 0 unspecified atom stereocenters. The van der Waals surface area contributed by atoms with Crippen molar-refractivity contribution in [3.63, 3.8) is 0 Å². The molecule has 124 valence electrons. The molecule has 3 rings (SSSR count). The van der Waals surface area contributed by atoms with Crippen molar-refractivity contribution in [2.75, 3.05) is 26.7 Å². The normalized spacial score (nSPS) is 24.3. The van der Waals surface area contributed by atoms with Gasteiger partial charge in [0, 0.05) is 32.2 Å². The molecule has 0 bridgehead atoms. The van der Waals surface area contributed by atoms with E-state index < -0.39 is 5.97 Å². The summed E-state index contributed by atoms with van der Waals surface area (Å²) in [5, 5.41) is 8.81. The fraction of sp³-hybridized carbons (Fsp3) is 0.556. The third kappa shape index (κ3) is 3.11. The van der Waals surface area contributed by atoms with Gasteiger partial charge in [0.25, 0.3) is 0 Å². The average Bonchev–Trinajstić information content (AvgIpc) is 2.81. The molecule has 2 fully saturated rings. The summed E-state index contributed by atoms with van der Waals surface area (Å²) in [4.78, 5) is 27.6. The Morgan fingerprint density at radius 1 is 1.26 bits per heavy atom. The summed E-state index contributed by atoms with van der Waals surface area (Å²) < 4.78 is 0. The van der Waals surface area contributed by atoms with Crippen LogP contribution in [0.4, 0.5) is 0 Å². The van der Waals surface area contributed by atoms with Gasteiger partial charge in [-0.3, -0.25) is 9.59 Å². The number of carboxylic acids is 1. The summed E-state index contributed by atoms with van der Waals surface area (Å²) >= 11 is 0. The van der Waals surface area contributed by atoms with Crippen LogP contribution in [0.25, 0.3) is 0 Å². The Morgan fingerprint density at radius 2 is 1.91 bits per heavy atom. The van der Waals surface area contributed by atoms with Gasteiger partial charge in [0.05, 0.1) is 12.3 Å². The van der Waals surface area contributed by atoms with Crippen molar-refractivity contribution in [2.24, 2.45) is 0 Å². The Bertz CT molecular complexity index is 579. The summed E-state index contributed by atoms with van der Waals surface area (Å²) in [6.45, 7) is 2.34. The zero-order valence-electron chi connectivity index (χ0n) is 13.6. The van der Waals surface area contributed by atoms with Gasteiger partial charge in [-0.1, -0.05) is 30.3 Å². The molecule has 23 heavy (non-hydrogen) atoms. The molecule has 2 aliphatic rings. The molecule has 0 saturated carbocycles. The molecule has 1 aromatic carbocycles. The van der Waals surface area contributed by atoms with Crippen LogP contribution in [0.15, 0.2) is 30.3 Å².